The summed E-state index contributed by atoms with van der Waals surface area (Å²) in [6, 6.07) is 9.04. The van der Waals surface area contributed by atoms with E-state index in [9.17, 15) is 35.9 Å². The van der Waals surface area contributed by atoms with Crippen LogP contribution in [0.3, 0.4) is 0 Å². The smallest absolute Gasteiger partial charge is 0.406 e. The van der Waals surface area contributed by atoms with Crippen molar-refractivity contribution in [3.8, 4) is 11.5 Å². The maximum absolute atomic E-state index is 12.1. The fourth-order valence-electron chi connectivity index (χ4n) is 2.54. The van der Waals surface area contributed by atoms with Crippen molar-refractivity contribution in [2.24, 2.45) is 0 Å². The first-order valence-electron chi connectivity index (χ1n) is 8.71. The summed E-state index contributed by atoms with van der Waals surface area (Å²) in [4.78, 5) is 24.1. The van der Waals surface area contributed by atoms with Gasteiger partial charge in [0.05, 0.1) is 0 Å². The summed E-state index contributed by atoms with van der Waals surface area (Å²) >= 11 is 0. The molecule has 0 N–H and O–H groups in total. The number of halogens is 6. The minimum atomic E-state index is -4.82. The Morgan fingerprint density at radius 3 is 1.17 bits per heavy atom. The molecule has 30 heavy (non-hydrogen) atoms. The van der Waals surface area contributed by atoms with Crippen molar-refractivity contribution in [2.75, 3.05) is 0 Å². The zero-order valence-electron chi connectivity index (χ0n) is 15.3. The van der Waals surface area contributed by atoms with Gasteiger partial charge in [0.25, 0.3) is 0 Å². The van der Waals surface area contributed by atoms with Crippen LogP contribution in [0.2, 0.25) is 0 Å². The van der Waals surface area contributed by atoms with Crippen LogP contribution in [0.25, 0.3) is 0 Å². The van der Waals surface area contributed by atoms with Gasteiger partial charge in [0.2, 0.25) is 0 Å². The molecule has 10 heteroatoms. The number of benzene rings is 2. The number of hydrogen-bond donors (Lipinski definition) is 0. The van der Waals surface area contributed by atoms with E-state index in [1.54, 1.807) is 0 Å². The number of ketones is 2. The quantitative estimate of drug-likeness (QED) is 0.272. The number of ether oxygens (including phenoxy) is 2. The normalized spacial score (nSPS) is 11.8. The maximum atomic E-state index is 12.1. The number of alkyl halides is 6. The Bertz CT molecular complexity index is 781. The molecule has 162 valence electrons. The molecule has 0 saturated heterocycles. The average molecular weight is 434 g/mol. The molecule has 0 fully saturated rings. The largest absolute Gasteiger partial charge is 0.573 e. The number of unbranched alkanes of at least 4 members (excludes halogenated alkanes) is 1. The summed E-state index contributed by atoms with van der Waals surface area (Å²) in [7, 11) is 0. The highest BCUT2D eigenvalue weighted by molar-refractivity contribution is 5.97. The molecule has 0 spiro atoms. The predicted octanol–water partition coefficient (Wildman–Crippen LogP) is 6.11. The van der Waals surface area contributed by atoms with Crippen LogP contribution in [0.5, 0.6) is 11.5 Å². The van der Waals surface area contributed by atoms with Gasteiger partial charge in [-0.3, -0.25) is 9.59 Å². The van der Waals surface area contributed by atoms with Gasteiger partial charge in [-0.25, -0.2) is 0 Å². The third-order valence-corrected chi connectivity index (χ3v) is 3.88. The van der Waals surface area contributed by atoms with Gasteiger partial charge in [-0.2, -0.15) is 0 Å². The molecule has 0 unspecified atom stereocenters. The van der Waals surface area contributed by atoms with E-state index in [2.05, 4.69) is 9.47 Å². The molecular formula is C20H16F6O4. The lowest BCUT2D eigenvalue weighted by molar-refractivity contribution is -0.275. The Labute approximate surface area is 167 Å². The number of hydrogen-bond acceptors (Lipinski definition) is 4. The summed E-state index contributed by atoms with van der Waals surface area (Å²) < 4.78 is 80.1. The summed E-state index contributed by atoms with van der Waals surface area (Å²) in [6.07, 6.45) is -8.73. The van der Waals surface area contributed by atoms with Gasteiger partial charge in [0.15, 0.2) is 11.6 Å². The number of carbonyl (C=O) groups excluding carboxylic acids is 2. The lowest BCUT2D eigenvalue weighted by atomic mass is 10.0. The topological polar surface area (TPSA) is 52.6 Å². The predicted molar refractivity (Wildman–Crippen MR) is 93.4 cm³/mol. The first-order chi connectivity index (χ1) is 13.9. The third-order valence-electron chi connectivity index (χ3n) is 3.88. The summed E-state index contributed by atoms with van der Waals surface area (Å²) in [6.45, 7) is 0. The van der Waals surface area contributed by atoms with E-state index in [-0.39, 0.29) is 35.5 Å². The van der Waals surface area contributed by atoms with Crippen LogP contribution in [-0.4, -0.2) is 24.3 Å². The van der Waals surface area contributed by atoms with E-state index in [4.69, 9.17) is 0 Å². The highest BCUT2D eigenvalue weighted by Gasteiger charge is 2.31. The minimum Gasteiger partial charge on any atom is -0.406 e. The molecule has 0 bridgehead atoms. The van der Waals surface area contributed by atoms with Crippen molar-refractivity contribution in [3.05, 3.63) is 59.7 Å². The number of Topliss-reactive ketones (excluding diaryl/α,β-unsaturated/α-hetero) is 2. The molecule has 0 aliphatic carbocycles. The van der Waals surface area contributed by atoms with Crippen LogP contribution in [0.1, 0.15) is 46.4 Å². The molecule has 4 nitrogen and oxygen atoms in total. The Kier molecular flexibility index (Phi) is 7.47. The Morgan fingerprint density at radius 1 is 0.600 bits per heavy atom. The Morgan fingerprint density at radius 2 is 0.900 bits per heavy atom. The Hall–Kier alpha value is -3.04. The summed E-state index contributed by atoms with van der Waals surface area (Å²) in [5.74, 6) is -1.46. The number of rotatable bonds is 9. The van der Waals surface area contributed by atoms with Crippen molar-refractivity contribution in [1.29, 1.82) is 0 Å². The molecule has 2 aromatic carbocycles. The molecule has 0 amide bonds. The second-order valence-electron chi connectivity index (χ2n) is 6.20. The van der Waals surface area contributed by atoms with Crippen molar-refractivity contribution < 1.29 is 45.4 Å². The molecule has 0 atom stereocenters. The van der Waals surface area contributed by atoms with Crippen LogP contribution in [0, 0.1) is 0 Å². The van der Waals surface area contributed by atoms with Gasteiger partial charge in [-0.05, 0) is 61.4 Å². The van der Waals surface area contributed by atoms with Crippen molar-refractivity contribution in [1.82, 2.24) is 0 Å². The highest BCUT2D eigenvalue weighted by atomic mass is 19.4. The highest BCUT2D eigenvalue weighted by Crippen LogP contribution is 2.24. The maximum Gasteiger partial charge on any atom is 0.573 e. The van der Waals surface area contributed by atoms with Gasteiger partial charge in [0, 0.05) is 24.0 Å². The Balaban J connectivity index is 1.76. The first kappa shape index (κ1) is 23.2. The van der Waals surface area contributed by atoms with Gasteiger partial charge in [-0.1, -0.05) is 0 Å². The van der Waals surface area contributed by atoms with Crippen LogP contribution >= 0.6 is 0 Å². The van der Waals surface area contributed by atoms with E-state index in [0.717, 1.165) is 24.3 Å². The first-order valence-corrected chi connectivity index (χ1v) is 8.71. The molecular weight excluding hydrogens is 418 g/mol. The van der Waals surface area contributed by atoms with E-state index >= 15 is 0 Å². The molecule has 2 aromatic rings. The molecule has 2 rings (SSSR count). The van der Waals surface area contributed by atoms with Gasteiger partial charge in [-0.15, -0.1) is 26.3 Å². The van der Waals surface area contributed by atoms with E-state index < -0.39 is 24.2 Å². The standard InChI is InChI=1S/C20H16F6O4/c21-19(22,23)29-15-9-5-13(6-10-15)17(27)3-1-2-4-18(28)14-7-11-16(12-8-14)30-20(24,25)26/h5-12H,1-4H2. The fraction of sp³-hybridized carbons (Fsp3) is 0.300. The van der Waals surface area contributed by atoms with E-state index in [1.165, 1.54) is 24.3 Å². The second kappa shape index (κ2) is 9.64. The fourth-order valence-corrected chi connectivity index (χ4v) is 2.54. The SMILES string of the molecule is O=C(CCCCC(=O)c1ccc(OC(F)(F)F)cc1)c1ccc(OC(F)(F)F)cc1. The van der Waals surface area contributed by atoms with E-state index in [0.29, 0.717) is 12.8 Å². The van der Waals surface area contributed by atoms with Gasteiger partial charge < -0.3 is 9.47 Å². The van der Waals surface area contributed by atoms with Crippen LogP contribution < -0.4 is 9.47 Å². The van der Waals surface area contributed by atoms with Crippen molar-refractivity contribution >= 4 is 11.6 Å². The average Bonchev–Trinajstić information content (AvgIpc) is 2.63. The molecule has 0 heterocycles. The zero-order chi connectivity index (χ0) is 22.4. The zero-order valence-corrected chi connectivity index (χ0v) is 15.3. The summed E-state index contributed by atoms with van der Waals surface area (Å²) in [5, 5.41) is 0. The number of carbonyl (C=O) groups is 2. The van der Waals surface area contributed by atoms with Crippen LogP contribution in [0.4, 0.5) is 26.3 Å². The molecule has 0 aliphatic heterocycles. The molecule has 0 radical (unpaired) electrons. The van der Waals surface area contributed by atoms with E-state index in [1.807, 2.05) is 0 Å². The monoisotopic (exact) mass is 434 g/mol. The second-order valence-corrected chi connectivity index (χ2v) is 6.20. The molecule has 0 aromatic heterocycles. The van der Waals surface area contributed by atoms with Crippen molar-refractivity contribution in [2.45, 2.75) is 38.4 Å². The van der Waals surface area contributed by atoms with Crippen LogP contribution in [0.15, 0.2) is 48.5 Å². The van der Waals surface area contributed by atoms with Gasteiger partial charge >= 0.3 is 12.7 Å². The third kappa shape index (κ3) is 8.14. The van der Waals surface area contributed by atoms with Crippen LogP contribution in [-0.2, 0) is 0 Å². The molecule has 0 saturated carbocycles. The van der Waals surface area contributed by atoms with Gasteiger partial charge in [0.1, 0.15) is 11.5 Å². The summed E-state index contributed by atoms with van der Waals surface area (Å²) in [5.41, 5.74) is 0.437. The molecule has 0 aliphatic rings. The van der Waals surface area contributed by atoms with Crippen molar-refractivity contribution in [3.63, 3.8) is 0 Å². The lowest BCUT2D eigenvalue weighted by Crippen LogP contribution is -2.17. The minimum absolute atomic E-state index is 0.0884. The lowest BCUT2D eigenvalue weighted by Gasteiger charge is -2.09.